The van der Waals surface area contributed by atoms with Gasteiger partial charge < -0.3 is 10.6 Å². The Bertz CT molecular complexity index is 299. The molecular formula is C7H14N2O3S. The van der Waals surface area contributed by atoms with Gasteiger partial charge in [-0.3, -0.25) is 4.79 Å². The molecule has 6 heteroatoms. The summed E-state index contributed by atoms with van der Waals surface area (Å²) in [6.45, 7) is 0.196. The van der Waals surface area contributed by atoms with Crippen LogP contribution in [0.2, 0.25) is 0 Å². The summed E-state index contributed by atoms with van der Waals surface area (Å²) in [4.78, 5) is 12.7. The minimum Gasteiger partial charge on any atom is -0.340 e. The van der Waals surface area contributed by atoms with E-state index in [4.69, 9.17) is 5.73 Å². The average Bonchev–Trinajstić information content (AvgIpc) is 2.17. The number of hydrogen-bond acceptors (Lipinski definition) is 4. The summed E-state index contributed by atoms with van der Waals surface area (Å²) in [5, 5.41) is 0. The van der Waals surface area contributed by atoms with Gasteiger partial charge in [0.15, 0.2) is 9.84 Å². The summed E-state index contributed by atoms with van der Waals surface area (Å²) < 4.78 is 22.6. The van der Waals surface area contributed by atoms with Crippen LogP contribution >= 0.6 is 0 Å². The largest absolute Gasteiger partial charge is 0.340 e. The molecular weight excluding hydrogens is 192 g/mol. The topological polar surface area (TPSA) is 80.5 Å². The number of carbonyl (C=O) groups excluding carboxylic acids is 1. The van der Waals surface area contributed by atoms with E-state index in [2.05, 4.69) is 0 Å². The van der Waals surface area contributed by atoms with Crippen molar-refractivity contribution >= 4 is 15.7 Å². The highest BCUT2D eigenvalue weighted by Crippen LogP contribution is 2.10. The minimum atomic E-state index is -3.09. The van der Waals surface area contributed by atoms with Crippen LogP contribution in [0.5, 0.6) is 0 Å². The molecule has 1 fully saturated rings. The van der Waals surface area contributed by atoms with Gasteiger partial charge in [-0.25, -0.2) is 8.42 Å². The van der Waals surface area contributed by atoms with Crippen molar-refractivity contribution in [3.05, 3.63) is 0 Å². The van der Waals surface area contributed by atoms with E-state index in [1.807, 2.05) is 0 Å². The Morgan fingerprint density at radius 2 is 2.23 bits per heavy atom. The number of carbonyl (C=O) groups is 1. The van der Waals surface area contributed by atoms with Crippen LogP contribution < -0.4 is 5.73 Å². The van der Waals surface area contributed by atoms with Crippen LogP contribution in [0.15, 0.2) is 0 Å². The Hall–Kier alpha value is -0.620. The normalized spacial score (nSPS) is 28.6. The van der Waals surface area contributed by atoms with E-state index in [9.17, 15) is 13.2 Å². The third kappa shape index (κ3) is 2.41. The van der Waals surface area contributed by atoms with Crippen molar-refractivity contribution in [3.8, 4) is 0 Å². The van der Waals surface area contributed by atoms with Gasteiger partial charge in [0.2, 0.25) is 5.91 Å². The van der Waals surface area contributed by atoms with Crippen molar-refractivity contribution in [3.63, 3.8) is 0 Å². The van der Waals surface area contributed by atoms with E-state index in [0.717, 1.165) is 0 Å². The summed E-state index contributed by atoms with van der Waals surface area (Å²) in [5.74, 6) is -0.199. The zero-order chi connectivity index (χ0) is 10.1. The summed E-state index contributed by atoms with van der Waals surface area (Å²) in [5.41, 5.74) is 5.39. The van der Waals surface area contributed by atoms with Gasteiger partial charge in [-0.1, -0.05) is 0 Å². The molecule has 1 aliphatic rings. The van der Waals surface area contributed by atoms with Crippen LogP contribution in [0.4, 0.5) is 0 Å². The zero-order valence-corrected chi connectivity index (χ0v) is 8.38. The number of sulfone groups is 1. The fraction of sp³-hybridized carbons (Fsp3) is 0.857. The average molecular weight is 206 g/mol. The standard InChI is InChI=1S/C7H14N2O3S/c1-9-6(4-8)5-13(11,12)3-2-7(9)10/h6H,2-5,8H2,1H3. The van der Waals surface area contributed by atoms with Gasteiger partial charge in [0.25, 0.3) is 0 Å². The quantitative estimate of drug-likeness (QED) is 0.571. The highest BCUT2D eigenvalue weighted by Gasteiger charge is 2.29. The van der Waals surface area contributed by atoms with E-state index < -0.39 is 9.84 Å². The summed E-state index contributed by atoms with van der Waals surface area (Å²) in [7, 11) is -1.49. The fourth-order valence-corrected chi connectivity index (χ4v) is 2.94. The highest BCUT2D eigenvalue weighted by molar-refractivity contribution is 7.91. The van der Waals surface area contributed by atoms with Crippen LogP contribution in [-0.4, -0.2) is 50.4 Å². The van der Waals surface area contributed by atoms with Crippen LogP contribution in [0.1, 0.15) is 6.42 Å². The maximum absolute atomic E-state index is 11.3. The Kier molecular flexibility index (Phi) is 2.92. The van der Waals surface area contributed by atoms with Gasteiger partial charge in [0, 0.05) is 20.0 Å². The predicted molar refractivity (Wildman–Crippen MR) is 48.9 cm³/mol. The van der Waals surface area contributed by atoms with Crippen molar-refractivity contribution < 1.29 is 13.2 Å². The first-order valence-corrected chi connectivity index (χ1v) is 5.94. The molecule has 1 unspecified atom stereocenters. The van der Waals surface area contributed by atoms with E-state index in [-0.39, 0.29) is 36.4 Å². The number of hydrogen-bond donors (Lipinski definition) is 1. The van der Waals surface area contributed by atoms with E-state index in [1.165, 1.54) is 4.90 Å². The lowest BCUT2D eigenvalue weighted by Gasteiger charge is -2.23. The molecule has 0 aromatic carbocycles. The highest BCUT2D eigenvalue weighted by atomic mass is 32.2. The van der Waals surface area contributed by atoms with Crippen molar-refractivity contribution in [1.82, 2.24) is 4.90 Å². The Morgan fingerprint density at radius 1 is 1.62 bits per heavy atom. The molecule has 1 saturated heterocycles. The van der Waals surface area contributed by atoms with Crippen molar-refractivity contribution in [1.29, 1.82) is 0 Å². The molecule has 13 heavy (non-hydrogen) atoms. The van der Waals surface area contributed by atoms with Crippen LogP contribution in [0, 0.1) is 0 Å². The summed E-state index contributed by atoms with van der Waals surface area (Å²) >= 11 is 0. The van der Waals surface area contributed by atoms with Crippen LogP contribution in [0.25, 0.3) is 0 Å². The predicted octanol–water partition coefficient (Wildman–Crippen LogP) is -1.41. The van der Waals surface area contributed by atoms with Crippen LogP contribution in [-0.2, 0) is 14.6 Å². The zero-order valence-electron chi connectivity index (χ0n) is 7.56. The molecule has 0 spiro atoms. The van der Waals surface area contributed by atoms with Gasteiger partial charge in [0.1, 0.15) is 0 Å². The lowest BCUT2D eigenvalue weighted by atomic mass is 10.3. The number of nitrogens with two attached hydrogens (primary N) is 1. The Labute approximate surface area is 77.8 Å². The second kappa shape index (κ2) is 3.63. The number of rotatable bonds is 1. The van der Waals surface area contributed by atoms with E-state index >= 15 is 0 Å². The van der Waals surface area contributed by atoms with Crippen molar-refractivity contribution in [2.45, 2.75) is 12.5 Å². The molecule has 1 heterocycles. The third-order valence-corrected chi connectivity index (χ3v) is 4.01. The van der Waals surface area contributed by atoms with E-state index in [1.54, 1.807) is 7.05 Å². The minimum absolute atomic E-state index is 0.00819. The molecule has 0 aromatic heterocycles. The maximum atomic E-state index is 11.3. The smallest absolute Gasteiger partial charge is 0.223 e. The molecule has 0 aromatic rings. The molecule has 0 aliphatic carbocycles. The fourth-order valence-electron chi connectivity index (χ4n) is 1.34. The number of likely N-dealkylation sites (N-methyl/N-ethyl adjacent to an activating group) is 1. The Morgan fingerprint density at radius 3 is 2.77 bits per heavy atom. The van der Waals surface area contributed by atoms with Gasteiger partial charge >= 0.3 is 0 Å². The number of nitrogens with zero attached hydrogens (tertiary/aromatic N) is 1. The first-order chi connectivity index (χ1) is 5.96. The van der Waals surface area contributed by atoms with E-state index in [0.29, 0.717) is 0 Å². The van der Waals surface area contributed by atoms with Crippen molar-refractivity contribution in [2.75, 3.05) is 25.1 Å². The molecule has 0 radical (unpaired) electrons. The molecule has 2 N–H and O–H groups in total. The summed E-state index contributed by atoms with van der Waals surface area (Å²) in [6, 6.07) is -0.361. The number of amides is 1. The Balaban J connectivity index is 2.89. The maximum Gasteiger partial charge on any atom is 0.223 e. The lowest BCUT2D eigenvalue weighted by molar-refractivity contribution is -0.130. The van der Waals surface area contributed by atoms with Gasteiger partial charge in [-0.05, 0) is 0 Å². The van der Waals surface area contributed by atoms with Gasteiger partial charge in [-0.15, -0.1) is 0 Å². The molecule has 76 valence electrons. The molecule has 5 nitrogen and oxygen atoms in total. The SMILES string of the molecule is CN1C(=O)CCS(=O)(=O)CC1CN. The molecule has 1 aliphatic heterocycles. The monoisotopic (exact) mass is 206 g/mol. The molecule has 1 amide bonds. The van der Waals surface area contributed by atoms with Crippen LogP contribution in [0.3, 0.4) is 0 Å². The molecule has 0 bridgehead atoms. The third-order valence-electron chi connectivity index (χ3n) is 2.29. The second-order valence-corrected chi connectivity index (χ2v) is 5.49. The summed E-state index contributed by atoms with van der Waals surface area (Å²) in [6.07, 6.45) is 0.0787. The van der Waals surface area contributed by atoms with Gasteiger partial charge in [0.05, 0.1) is 17.5 Å². The lowest BCUT2D eigenvalue weighted by Crippen LogP contribution is -2.43. The molecule has 1 rings (SSSR count). The second-order valence-electron chi connectivity index (χ2n) is 3.26. The first kappa shape index (κ1) is 10.5. The molecule has 0 saturated carbocycles. The van der Waals surface area contributed by atoms with Gasteiger partial charge in [-0.2, -0.15) is 0 Å². The van der Waals surface area contributed by atoms with Crippen molar-refractivity contribution in [2.24, 2.45) is 5.73 Å². The molecule has 1 atom stereocenters. The first-order valence-electron chi connectivity index (χ1n) is 4.12.